The molecule has 28 heavy (non-hydrogen) atoms. The third-order valence-corrected chi connectivity index (χ3v) is 4.51. The predicted octanol–water partition coefficient (Wildman–Crippen LogP) is 3.19. The van der Waals surface area contributed by atoms with E-state index in [9.17, 15) is 14.4 Å². The summed E-state index contributed by atoms with van der Waals surface area (Å²) in [6.45, 7) is 1.39. The van der Waals surface area contributed by atoms with Gasteiger partial charge in [0, 0.05) is 19.8 Å². The number of carbonyl (C=O) groups excluding carboxylic acids is 3. The van der Waals surface area contributed by atoms with Crippen molar-refractivity contribution >= 4 is 29.1 Å². The Bertz CT molecular complexity index is 797. The van der Waals surface area contributed by atoms with E-state index in [2.05, 4.69) is 0 Å². The van der Waals surface area contributed by atoms with Crippen LogP contribution < -0.4 is 5.73 Å². The third-order valence-electron chi connectivity index (χ3n) is 4.01. The van der Waals surface area contributed by atoms with Gasteiger partial charge in [-0.05, 0) is 17.5 Å². The summed E-state index contributed by atoms with van der Waals surface area (Å²) in [6.07, 6.45) is 0.144. The second-order valence-electron chi connectivity index (χ2n) is 6.41. The van der Waals surface area contributed by atoms with Gasteiger partial charge >= 0.3 is 11.9 Å². The van der Waals surface area contributed by atoms with Crippen LogP contribution in [-0.4, -0.2) is 22.6 Å². The van der Waals surface area contributed by atoms with Gasteiger partial charge in [0.05, 0.1) is 0 Å². The average Bonchev–Trinajstić information content (AvgIpc) is 2.70. The van der Waals surface area contributed by atoms with Crippen LogP contribution >= 0.6 is 12.0 Å². The molecule has 6 nitrogen and oxygen atoms in total. The molecule has 0 aliphatic carbocycles. The number of hydrogen-bond donors (Lipinski definition) is 1. The number of benzene rings is 2. The van der Waals surface area contributed by atoms with Crippen LogP contribution in [0.4, 0.5) is 0 Å². The lowest BCUT2D eigenvalue weighted by Gasteiger charge is -2.27. The highest BCUT2D eigenvalue weighted by atomic mass is 32.2. The molecular formula is C21H23NO5S. The summed E-state index contributed by atoms with van der Waals surface area (Å²) in [5.41, 5.74) is 6.69. The molecule has 0 amide bonds. The Labute approximate surface area is 168 Å². The van der Waals surface area contributed by atoms with E-state index in [1.165, 1.54) is 6.92 Å². The normalized spacial score (nSPS) is 12.6. The number of ether oxygens (including phenoxy) is 1. The number of esters is 1. The van der Waals surface area contributed by atoms with E-state index in [1.807, 2.05) is 60.7 Å². The van der Waals surface area contributed by atoms with Crippen LogP contribution in [0.5, 0.6) is 0 Å². The topological polar surface area (TPSA) is 95.7 Å². The smallest absolute Gasteiger partial charge is 0.326 e. The maximum atomic E-state index is 12.8. The first-order chi connectivity index (χ1) is 13.4. The van der Waals surface area contributed by atoms with Crippen LogP contribution in [0.1, 0.15) is 30.9 Å². The fraction of sp³-hybridized carbons (Fsp3) is 0.286. The molecular weight excluding hydrogens is 378 g/mol. The maximum absolute atomic E-state index is 12.8. The van der Waals surface area contributed by atoms with Gasteiger partial charge in [0.2, 0.25) is 5.12 Å². The Hall–Kier alpha value is -2.64. The van der Waals surface area contributed by atoms with E-state index in [4.69, 9.17) is 14.7 Å². The first-order valence-electron chi connectivity index (χ1n) is 8.81. The molecule has 0 aliphatic heterocycles. The van der Waals surface area contributed by atoms with Crippen molar-refractivity contribution in [2.24, 2.45) is 5.73 Å². The molecule has 0 radical (unpaired) electrons. The third kappa shape index (κ3) is 7.17. The van der Waals surface area contributed by atoms with Gasteiger partial charge in [-0.3, -0.25) is 14.4 Å². The second kappa shape index (κ2) is 10.6. The van der Waals surface area contributed by atoms with Crippen molar-refractivity contribution < 1.29 is 23.3 Å². The number of hydrogen-bond acceptors (Lipinski definition) is 7. The van der Waals surface area contributed by atoms with Crippen molar-refractivity contribution in [2.45, 2.75) is 38.3 Å². The minimum Gasteiger partial charge on any atom is -0.459 e. The van der Waals surface area contributed by atoms with Gasteiger partial charge < -0.3 is 14.7 Å². The molecule has 0 bridgehead atoms. The summed E-state index contributed by atoms with van der Waals surface area (Å²) < 4.78 is 10.2. The van der Waals surface area contributed by atoms with Crippen LogP contribution in [0.15, 0.2) is 60.7 Å². The van der Waals surface area contributed by atoms with Crippen LogP contribution in [-0.2, 0) is 36.3 Å². The van der Waals surface area contributed by atoms with Crippen molar-refractivity contribution in [2.75, 3.05) is 0 Å². The van der Waals surface area contributed by atoms with Crippen LogP contribution in [0.2, 0.25) is 0 Å². The van der Waals surface area contributed by atoms with Gasteiger partial charge in [-0.1, -0.05) is 60.7 Å². The van der Waals surface area contributed by atoms with E-state index in [0.29, 0.717) is 12.0 Å². The van der Waals surface area contributed by atoms with Gasteiger partial charge in [0.1, 0.15) is 24.2 Å². The van der Waals surface area contributed by atoms with Crippen molar-refractivity contribution in [3.63, 3.8) is 0 Å². The molecule has 0 aromatic heterocycles. The molecule has 2 aromatic rings. The van der Waals surface area contributed by atoms with Gasteiger partial charge in [-0.25, -0.2) is 0 Å². The summed E-state index contributed by atoms with van der Waals surface area (Å²) in [7, 11) is 0. The Balaban J connectivity index is 2.05. The highest BCUT2D eigenvalue weighted by Gasteiger charge is 2.36. The summed E-state index contributed by atoms with van der Waals surface area (Å²) in [5, 5.41) is -0.334. The molecule has 0 heterocycles. The Kier molecular flexibility index (Phi) is 8.22. The van der Waals surface area contributed by atoms with Crippen molar-refractivity contribution in [3.8, 4) is 0 Å². The lowest BCUT2D eigenvalue weighted by molar-refractivity contribution is -0.152. The molecule has 1 atom stereocenters. The number of rotatable bonds is 8. The fourth-order valence-corrected chi connectivity index (χ4v) is 2.86. The van der Waals surface area contributed by atoms with E-state index >= 15 is 0 Å². The Morgan fingerprint density at radius 2 is 1.54 bits per heavy atom. The van der Waals surface area contributed by atoms with E-state index in [1.54, 1.807) is 0 Å². The van der Waals surface area contributed by atoms with Gasteiger partial charge in [-0.15, -0.1) is 0 Å². The molecule has 0 spiro atoms. The highest BCUT2D eigenvalue weighted by molar-refractivity contribution is 8.09. The summed E-state index contributed by atoms with van der Waals surface area (Å²) in [6, 6.07) is 18.6. The van der Waals surface area contributed by atoms with Gasteiger partial charge in [-0.2, -0.15) is 0 Å². The first kappa shape index (κ1) is 21.7. The standard InChI is InChI=1S/C21H23NO5S/c1-16(23)28-27-19(24)12-13-21(22,14-17-8-4-2-5-9-17)20(25)26-15-18-10-6-3-7-11-18/h2-11H,12-15,22H2,1H3. The molecule has 2 N–H and O–H groups in total. The fourth-order valence-electron chi connectivity index (χ4n) is 2.56. The largest absolute Gasteiger partial charge is 0.459 e. The zero-order valence-electron chi connectivity index (χ0n) is 15.6. The van der Waals surface area contributed by atoms with E-state index in [0.717, 1.165) is 11.1 Å². The zero-order valence-corrected chi connectivity index (χ0v) is 16.4. The zero-order chi connectivity index (χ0) is 20.4. The molecule has 0 aliphatic rings. The average molecular weight is 401 g/mol. The monoisotopic (exact) mass is 401 g/mol. The van der Waals surface area contributed by atoms with Crippen molar-refractivity contribution in [1.82, 2.24) is 0 Å². The molecule has 7 heteroatoms. The van der Waals surface area contributed by atoms with Gasteiger partial charge in [0.15, 0.2) is 0 Å². The molecule has 1 unspecified atom stereocenters. The molecule has 148 valence electrons. The van der Waals surface area contributed by atoms with Crippen molar-refractivity contribution in [1.29, 1.82) is 0 Å². The van der Waals surface area contributed by atoms with Crippen LogP contribution in [0.25, 0.3) is 0 Å². The minimum atomic E-state index is -1.39. The predicted molar refractivity (Wildman–Crippen MR) is 107 cm³/mol. The summed E-state index contributed by atoms with van der Waals surface area (Å²) in [4.78, 5) is 35.5. The quantitative estimate of drug-likeness (QED) is 0.536. The highest BCUT2D eigenvalue weighted by Crippen LogP contribution is 2.21. The van der Waals surface area contributed by atoms with E-state index < -0.39 is 17.5 Å². The van der Waals surface area contributed by atoms with Crippen LogP contribution in [0.3, 0.4) is 0 Å². The van der Waals surface area contributed by atoms with Crippen molar-refractivity contribution in [3.05, 3.63) is 71.8 Å². The molecule has 0 saturated heterocycles. The van der Waals surface area contributed by atoms with Crippen LogP contribution in [0, 0.1) is 0 Å². The molecule has 0 saturated carbocycles. The maximum Gasteiger partial charge on any atom is 0.326 e. The number of carbonyl (C=O) groups is 3. The summed E-state index contributed by atoms with van der Waals surface area (Å²) >= 11 is 0.464. The minimum absolute atomic E-state index is 0.0345. The lowest BCUT2D eigenvalue weighted by atomic mass is 9.87. The van der Waals surface area contributed by atoms with E-state index in [-0.39, 0.29) is 31.0 Å². The molecule has 0 fully saturated rings. The first-order valence-corrected chi connectivity index (χ1v) is 9.55. The SMILES string of the molecule is CC(=O)SOC(=O)CCC(N)(Cc1ccccc1)C(=O)OCc1ccccc1. The number of nitrogens with two attached hydrogens (primary N) is 1. The molecule has 2 aromatic carbocycles. The summed E-state index contributed by atoms with van der Waals surface area (Å²) in [5.74, 6) is -1.20. The Morgan fingerprint density at radius 3 is 2.11 bits per heavy atom. The van der Waals surface area contributed by atoms with Gasteiger partial charge in [0.25, 0.3) is 0 Å². The Morgan fingerprint density at radius 1 is 0.964 bits per heavy atom. The lowest BCUT2D eigenvalue weighted by Crippen LogP contribution is -2.51. The molecule has 2 rings (SSSR count). The second-order valence-corrected chi connectivity index (χ2v) is 7.32.